The Morgan fingerprint density at radius 1 is 1.13 bits per heavy atom. The van der Waals surface area contributed by atoms with E-state index in [1.165, 1.54) is 5.56 Å². The largest absolute Gasteiger partial charge is 0.382 e. The van der Waals surface area contributed by atoms with Crippen LogP contribution < -0.4 is 0 Å². The Morgan fingerprint density at radius 3 is 2.60 bits per heavy atom. The Hall–Kier alpha value is -1.54. The molecule has 2 aromatic rings. The number of H-pyrrole nitrogens is 1. The van der Waals surface area contributed by atoms with Crippen LogP contribution in [-0.2, 0) is 0 Å². The van der Waals surface area contributed by atoms with Gasteiger partial charge in [-0.2, -0.15) is 0 Å². The lowest BCUT2D eigenvalue weighted by atomic mass is 9.98. The van der Waals surface area contributed by atoms with Crippen LogP contribution in [0.25, 0.3) is 0 Å². The number of rotatable bonds is 2. The minimum absolute atomic E-state index is 0.556. The predicted octanol–water partition coefficient (Wildman–Crippen LogP) is 2.71. The molecule has 0 fully saturated rings. The number of aliphatic hydroxyl groups excluding tert-OH is 1. The summed E-state index contributed by atoms with van der Waals surface area (Å²) in [6, 6.07) is 9.79. The van der Waals surface area contributed by atoms with Gasteiger partial charge in [0, 0.05) is 11.9 Å². The fourth-order valence-electron chi connectivity index (χ4n) is 1.75. The van der Waals surface area contributed by atoms with Crippen molar-refractivity contribution in [3.8, 4) is 0 Å². The third kappa shape index (κ3) is 1.81. The second kappa shape index (κ2) is 3.91. The van der Waals surface area contributed by atoms with Crippen LogP contribution in [0.15, 0.2) is 36.5 Å². The average Bonchev–Trinajstić information content (AvgIpc) is 2.74. The molecule has 1 aromatic heterocycles. The summed E-state index contributed by atoms with van der Waals surface area (Å²) in [4.78, 5) is 3.03. The molecule has 2 rings (SSSR count). The minimum Gasteiger partial charge on any atom is -0.382 e. The van der Waals surface area contributed by atoms with Gasteiger partial charge in [0.1, 0.15) is 6.10 Å². The van der Waals surface area contributed by atoms with Crippen molar-refractivity contribution in [1.82, 2.24) is 4.98 Å². The number of nitrogens with one attached hydrogen (secondary N) is 1. The van der Waals surface area contributed by atoms with Crippen LogP contribution in [0.2, 0.25) is 0 Å². The van der Waals surface area contributed by atoms with E-state index in [9.17, 15) is 5.11 Å². The Balaban J connectivity index is 2.42. The topological polar surface area (TPSA) is 36.0 Å². The third-order valence-corrected chi connectivity index (χ3v) is 2.86. The molecule has 0 saturated heterocycles. The highest BCUT2D eigenvalue weighted by Gasteiger charge is 2.13. The van der Waals surface area contributed by atoms with Gasteiger partial charge >= 0.3 is 0 Å². The Morgan fingerprint density at radius 2 is 1.93 bits per heavy atom. The summed E-state index contributed by atoms with van der Waals surface area (Å²) in [6.45, 7) is 4.09. The summed E-state index contributed by atoms with van der Waals surface area (Å²) < 4.78 is 0. The number of aryl methyl sites for hydroxylation is 1. The van der Waals surface area contributed by atoms with Gasteiger partial charge in [-0.3, -0.25) is 0 Å². The molecule has 1 heterocycles. The van der Waals surface area contributed by atoms with Gasteiger partial charge in [0.2, 0.25) is 0 Å². The maximum atomic E-state index is 10.2. The number of aliphatic hydroxyl groups is 1. The fraction of sp³-hybridized carbons (Fsp3) is 0.231. The van der Waals surface area contributed by atoms with Crippen molar-refractivity contribution in [3.63, 3.8) is 0 Å². The molecule has 0 aliphatic rings. The zero-order valence-electron chi connectivity index (χ0n) is 8.99. The van der Waals surface area contributed by atoms with Crippen molar-refractivity contribution in [1.29, 1.82) is 0 Å². The van der Waals surface area contributed by atoms with E-state index in [4.69, 9.17) is 0 Å². The predicted molar refractivity (Wildman–Crippen MR) is 60.8 cm³/mol. The van der Waals surface area contributed by atoms with Gasteiger partial charge in [0.05, 0.1) is 0 Å². The molecule has 0 saturated carbocycles. The molecule has 0 amide bonds. The second-order valence-corrected chi connectivity index (χ2v) is 3.82. The van der Waals surface area contributed by atoms with Crippen LogP contribution in [0.3, 0.4) is 0 Å². The fourth-order valence-corrected chi connectivity index (χ4v) is 1.75. The number of hydrogen-bond donors (Lipinski definition) is 2. The van der Waals surface area contributed by atoms with E-state index in [0.29, 0.717) is 0 Å². The van der Waals surface area contributed by atoms with Crippen LogP contribution in [0.4, 0.5) is 0 Å². The summed E-state index contributed by atoms with van der Waals surface area (Å²) in [5.41, 5.74) is 4.17. The molecule has 1 unspecified atom stereocenters. The lowest BCUT2D eigenvalue weighted by molar-refractivity contribution is 0.215. The molecule has 0 radical (unpaired) electrons. The Bertz CT molecular complexity index is 446. The van der Waals surface area contributed by atoms with Crippen molar-refractivity contribution < 1.29 is 5.11 Å². The molecule has 0 bridgehead atoms. The van der Waals surface area contributed by atoms with Crippen LogP contribution in [0.5, 0.6) is 0 Å². The zero-order valence-corrected chi connectivity index (χ0v) is 8.99. The van der Waals surface area contributed by atoms with Gasteiger partial charge in [0.15, 0.2) is 0 Å². The maximum absolute atomic E-state index is 10.2. The molecule has 2 nitrogen and oxygen atoms in total. The first-order valence-corrected chi connectivity index (χ1v) is 5.07. The van der Waals surface area contributed by atoms with Gasteiger partial charge in [-0.15, -0.1) is 0 Å². The van der Waals surface area contributed by atoms with Gasteiger partial charge in [-0.1, -0.05) is 18.2 Å². The molecule has 0 aliphatic heterocycles. The molecule has 0 aliphatic carbocycles. The molecule has 0 spiro atoms. The Kier molecular flexibility index (Phi) is 2.60. The standard InChI is InChI=1S/C13H15NO/c1-9-5-3-6-11(10(9)2)13(15)12-7-4-8-14-12/h3-8,13-15H,1-2H3. The molecule has 78 valence electrons. The van der Waals surface area contributed by atoms with E-state index < -0.39 is 6.10 Å². The zero-order chi connectivity index (χ0) is 10.8. The number of aromatic nitrogens is 1. The molecule has 2 heteroatoms. The second-order valence-electron chi connectivity index (χ2n) is 3.82. The SMILES string of the molecule is Cc1cccc(C(O)c2ccc[nH]2)c1C. The van der Waals surface area contributed by atoms with Gasteiger partial charge < -0.3 is 10.1 Å². The first kappa shape index (κ1) is 9.99. The molecule has 1 atom stereocenters. The van der Waals surface area contributed by atoms with E-state index in [2.05, 4.69) is 18.0 Å². The van der Waals surface area contributed by atoms with E-state index in [1.807, 2.05) is 37.4 Å². The summed E-state index contributed by atoms with van der Waals surface area (Å²) in [7, 11) is 0. The van der Waals surface area contributed by atoms with Crippen molar-refractivity contribution in [2.45, 2.75) is 20.0 Å². The first-order chi connectivity index (χ1) is 7.20. The summed E-state index contributed by atoms with van der Waals surface area (Å²) in [5, 5.41) is 10.2. The normalized spacial score (nSPS) is 12.7. The van der Waals surface area contributed by atoms with Crippen molar-refractivity contribution in [2.24, 2.45) is 0 Å². The van der Waals surface area contributed by atoms with Crippen LogP contribution in [-0.4, -0.2) is 10.1 Å². The average molecular weight is 201 g/mol. The van der Waals surface area contributed by atoms with Gasteiger partial charge in [-0.25, -0.2) is 0 Å². The number of benzene rings is 1. The van der Waals surface area contributed by atoms with Crippen LogP contribution in [0, 0.1) is 13.8 Å². The minimum atomic E-state index is -0.556. The highest BCUT2D eigenvalue weighted by atomic mass is 16.3. The highest BCUT2D eigenvalue weighted by molar-refractivity contribution is 5.37. The lowest BCUT2D eigenvalue weighted by Gasteiger charge is -2.14. The van der Waals surface area contributed by atoms with E-state index >= 15 is 0 Å². The van der Waals surface area contributed by atoms with Gasteiger partial charge in [-0.05, 0) is 42.7 Å². The molecular formula is C13H15NO. The quantitative estimate of drug-likeness (QED) is 0.770. The molecule has 2 N–H and O–H groups in total. The lowest BCUT2D eigenvalue weighted by Crippen LogP contribution is -2.03. The third-order valence-electron chi connectivity index (χ3n) is 2.86. The highest BCUT2D eigenvalue weighted by Crippen LogP contribution is 2.24. The smallest absolute Gasteiger partial charge is 0.119 e. The van der Waals surface area contributed by atoms with Crippen molar-refractivity contribution >= 4 is 0 Å². The first-order valence-electron chi connectivity index (χ1n) is 5.07. The van der Waals surface area contributed by atoms with Crippen molar-refractivity contribution in [3.05, 3.63) is 58.9 Å². The number of hydrogen-bond acceptors (Lipinski definition) is 1. The summed E-state index contributed by atoms with van der Waals surface area (Å²) >= 11 is 0. The van der Waals surface area contributed by atoms with Crippen molar-refractivity contribution in [2.75, 3.05) is 0 Å². The maximum Gasteiger partial charge on any atom is 0.119 e. The van der Waals surface area contributed by atoms with E-state index in [0.717, 1.165) is 16.8 Å². The van der Waals surface area contributed by atoms with Crippen LogP contribution in [0.1, 0.15) is 28.5 Å². The summed E-state index contributed by atoms with van der Waals surface area (Å²) in [6.07, 6.45) is 1.27. The molecular weight excluding hydrogens is 186 g/mol. The molecule has 1 aromatic carbocycles. The monoisotopic (exact) mass is 201 g/mol. The van der Waals surface area contributed by atoms with E-state index in [1.54, 1.807) is 0 Å². The molecule has 15 heavy (non-hydrogen) atoms. The Labute approximate surface area is 89.6 Å². The van der Waals surface area contributed by atoms with Crippen LogP contribution >= 0.6 is 0 Å². The summed E-state index contributed by atoms with van der Waals surface area (Å²) in [5.74, 6) is 0. The van der Waals surface area contributed by atoms with E-state index in [-0.39, 0.29) is 0 Å². The van der Waals surface area contributed by atoms with Gasteiger partial charge in [0.25, 0.3) is 0 Å². The number of aromatic amines is 1.